The van der Waals surface area contributed by atoms with Gasteiger partial charge in [-0.25, -0.2) is 0 Å². The van der Waals surface area contributed by atoms with E-state index in [0.29, 0.717) is 16.8 Å². The molecule has 1 amide bonds. The number of fused-ring (bicyclic) bond motifs is 2. The molecule has 4 rings (SSSR count). The highest BCUT2D eigenvalue weighted by Crippen LogP contribution is 2.49. The molecule has 4 atom stereocenters. The third-order valence-corrected chi connectivity index (χ3v) is 7.87. The number of carbonyl (C=O) groups excluding carboxylic acids is 1. The van der Waals surface area contributed by atoms with Crippen LogP contribution in [0.3, 0.4) is 0 Å². The van der Waals surface area contributed by atoms with Gasteiger partial charge in [-0.05, 0) is 68.2 Å². The standard InChI is InChI=1S/C20H26N4O2S2/c1-12(17-10-13-3-4-14(17)9-13)21-18(25)11-27-20-24-23-19(28-20)22-15-5-7-16(26-2)8-6-15/h5-8,12-14,17H,3-4,9-11H2,1-2H3,(H,21,25)(H,22,23)/t12-,13+,14+,17+/m1/s1. The lowest BCUT2D eigenvalue weighted by Crippen LogP contribution is -2.40. The van der Waals surface area contributed by atoms with Gasteiger partial charge >= 0.3 is 0 Å². The topological polar surface area (TPSA) is 76.1 Å². The number of rotatable bonds is 8. The number of benzene rings is 1. The van der Waals surface area contributed by atoms with E-state index in [2.05, 4.69) is 27.8 Å². The highest BCUT2D eigenvalue weighted by molar-refractivity contribution is 8.01. The molecular formula is C20H26N4O2S2. The number of amides is 1. The second kappa shape index (κ2) is 8.69. The molecule has 8 heteroatoms. The Morgan fingerprint density at radius 3 is 2.79 bits per heavy atom. The Hall–Kier alpha value is -1.80. The number of nitrogens with one attached hydrogen (secondary N) is 2. The van der Waals surface area contributed by atoms with E-state index in [4.69, 9.17) is 4.74 Å². The Balaban J connectivity index is 1.23. The van der Waals surface area contributed by atoms with Gasteiger partial charge in [0, 0.05) is 11.7 Å². The van der Waals surface area contributed by atoms with Crippen LogP contribution in [0.1, 0.15) is 32.6 Å². The van der Waals surface area contributed by atoms with Crippen LogP contribution in [0, 0.1) is 17.8 Å². The number of aromatic nitrogens is 2. The van der Waals surface area contributed by atoms with Crippen LogP contribution in [0.15, 0.2) is 28.6 Å². The molecular weight excluding hydrogens is 392 g/mol. The number of nitrogens with zero attached hydrogens (tertiary/aromatic N) is 2. The molecule has 2 fully saturated rings. The van der Waals surface area contributed by atoms with Crippen molar-refractivity contribution in [3.63, 3.8) is 0 Å². The van der Waals surface area contributed by atoms with Gasteiger partial charge in [0.1, 0.15) is 5.75 Å². The minimum absolute atomic E-state index is 0.0835. The van der Waals surface area contributed by atoms with Crippen molar-refractivity contribution in [2.75, 3.05) is 18.2 Å². The SMILES string of the molecule is COc1ccc(Nc2nnc(SCC(=O)N[C@H](C)[C@@H]3C[C@H]4CC[C@H]3C4)s2)cc1. The third-order valence-electron chi connectivity index (χ3n) is 5.90. The van der Waals surface area contributed by atoms with Crippen molar-refractivity contribution >= 4 is 39.8 Å². The van der Waals surface area contributed by atoms with Crippen LogP contribution in [-0.2, 0) is 4.79 Å². The fraction of sp³-hybridized carbons (Fsp3) is 0.550. The molecule has 6 nitrogen and oxygen atoms in total. The lowest BCUT2D eigenvalue weighted by Gasteiger charge is -2.28. The van der Waals surface area contributed by atoms with Gasteiger partial charge in [0.05, 0.1) is 12.9 Å². The molecule has 0 saturated heterocycles. The van der Waals surface area contributed by atoms with E-state index >= 15 is 0 Å². The summed E-state index contributed by atoms with van der Waals surface area (Å²) in [7, 11) is 1.64. The monoisotopic (exact) mass is 418 g/mol. The molecule has 1 heterocycles. The number of carbonyl (C=O) groups is 1. The fourth-order valence-corrected chi connectivity index (χ4v) is 6.14. The first kappa shape index (κ1) is 19.5. The van der Waals surface area contributed by atoms with Crippen molar-refractivity contribution in [3.8, 4) is 5.75 Å². The van der Waals surface area contributed by atoms with E-state index in [9.17, 15) is 4.79 Å². The minimum Gasteiger partial charge on any atom is -0.497 e. The van der Waals surface area contributed by atoms with Crippen LogP contribution in [0.5, 0.6) is 5.75 Å². The van der Waals surface area contributed by atoms with E-state index < -0.39 is 0 Å². The van der Waals surface area contributed by atoms with Crippen molar-refractivity contribution in [2.24, 2.45) is 17.8 Å². The summed E-state index contributed by atoms with van der Waals surface area (Å²) < 4.78 is 5.95. The van der Waals surface area contributed by atoms with Gasteiger partial charge in [0.15, 0.2) is 4.34 Å². The zero-order valence-corrected chi connectivity index (χ0v) is 17.8. The van der Waals surface area contributed by atoms with Crippen molar-refractivity contribution < 1.29 is 9.53 Å². The Morgan fingerprint density at radius 1 is 1.29 bits per heavy atom. The molecule has 1 aromatic heterocycles. The fourth-order valence-electron chi connectivity index (χ4n) is 4.55. The Morgan fingerprint density at radius 2 is 2.11 bits per heavy atom. The number of hydrogen-bond acceptors (Lipinski definition) is 7. The van der Waals surface area contributed by atoms with Gasteiger partial charge in [-0.15, -0.1) is 10.2 Å². The summed E-state index contributed by atoms with van der Waals surface area (Å²) >= 11 is 2.89. The van der Waals surface area contributed by atoms with Crippen LogP contribution in [0.4, 0.5) is 10.8 Å². The molecule has 2 aliphatic rings. The maximum atomic E-state index is 12.3. The van der Waals surface area contributed by atoms with Gasteiger partial charge in [-0.1, -0.05) is 29.5 Å². The highest BCUT2D eigenvalue weighted by atomic mass is 32.2. The van der Waals surface area contributed by atoms with Gasteiger partial charge in [0.2, 0.25) is 11.0 Å². The normalized spacial score (nSPS) is 24.1. The van der Waals surface area contributed by atoms with Crippen LogP contribution in [0.25, 0.3) is 0 Å². The first-order chi connectivity index (χ1) is 13.6. The second-order valence-corrected chi connectivity index (χ2v) is 9.91. The molecule has 28 heavy (non-hydrogen) atoms. The number of ether oxygens (including phenoxy) is 1. The number of thioether (sulfide) groups is 1. The summed E-state index contributed by atoms with van der Waals surface area (Å²) in [6.07, 6.45) is 5.39. The summed E-state index contributed by atoms with van der Waals surface area (Å²) in [6.45, 7) is 2.16. The summed E-state index contributed by atoms with van der Waals surface area (Å²) in [5, 5.41) is 15.5. The summed E-state index contributed by atoms with van der Waals surface area (Å²) in [4.78, 5) is 12.3. The highest BCUT2D eigenvalue weighted by Gasteiger charge is 2.42. The summed E-state index contributed by atoms with van der Waals surface area (Å²) in [6, 6.07) is 7.90. The largest absolute Gasteiger partial charge is 0.497 e. The molecule has 2 aliphatic carbocycles. The number of anilines is 2. The van der Waals surface area contributed by atoms with Crippen LogP contribution in [-0.4, -0.2) is 35.0 Å². The first-order valence-corrected chi connectivity index (χ1v) is 11.6. The Labute approximate surface area is 173 Å². The molecule has 0 aliphatic heterocycles. The molecule has 2 bridgehead atoms. The lowest BCUT2D eigenvalue weighted by atomic mass is 9.84. The average Bonchev–Trinajstić information content (AvgIpc) is 3.44. The Kier molecular flexibility index (Phi) is 6.06. The van der Waals surface area contributed by atoms with Crippen LogP contribution in [0.2, 0.25) is 0 Å². The van der Waals surface area contributed by atoms with E-state index in [-0.39, 0.29) is 11.9 Å². The predicted octanol–water partition coefficient (Wildman–Crippen LogP) is 4.32. The van der Waals surface area contributed by atoms with Crippen molar-refractivity contribution in [1.29, 1.82) is 0 Å². The molecule has 2 aromatic rings. The smallest absolute Gasteiger partial charge is 0.230 e. The van der Waals surface area contributed by atoms with Gasteiger partial charge in [0.25, 0.3) is 0 Å². The predicted molar refractivity (Wildman–Crippen MR) is 113 cm³/mol. The number of methoxy groups -OCH3 is 1. The van der Waals surface area contributed by atoms with E-state index in [0.717, 1.165) is 27.6 Å². The summed E-state index contributed by atoms with van der Waals surface area (Å²) in [5.41, 5.74) is 0.922. The van der Waals surface area contributed by atoms with Crippen molar-refractivity contribution in [1.82, 2.24) is 15.5 Å². The van der Waals surface area contributed by atoms with Crippen molar-refractivity contribution in [2.45, 2.75) is 43.0 Å². The summed E-state index contributed by atoms with van der Waals surface area (Å²) in [5.74, 6) is 3.66. The van der Waals surface area contributed by atoms with E-state index in [1.807, 2.05) is 24.3 Å². The molecule has 0 unspecified atom stereocenters. The van der Waals surface area contributed by atoms with Crippen LogP contribution < -0.4 is 15.4 Å². The first-order valence-electron chi connectivity index (χ1n) is 9.77. The number of hydrogen-bond donors (Lipinski definition) is 2. The van der Waals surface area contributed by atoms with Gasteiger partial charge in [-0.2, -0.15) is 0 Å². The quantitative estimate of drug-likeness (QED) is 0.622. The lowest BCUT2D eigenvalue weighted by molar-refractivity contribution is -0.119. The van der Waals surface area contributed by atoms with Crippen LogP contribution >= 0.6 is 23.1 Å². The molecule has 150 valence electrons. The zero-order chi connectivity index (χ0) is 19.5. The van der Waals surface area contributed by atoms with E-state index in [1.54, 1.807) is 7.11 Å². The molecule has 0 spiro atoms. The molecule has 0 radical (unpaired) electrons. The van der Waals surface area contributed by atoms with Crippen molar-refractivity contribution in [3.05, 3.63) is 24.3 Å². The van der Waals surface area contributed by atoms with Gasteiger partial charge < -0.3 is 15.4 Å². The Bertz CT molecular complexity index is 811. The second-order valence-electron chi connectivity index (χ2n) is 7.71. The maximum Gasteiger partial charge on any atom is 0.230 e. The van der Waals surface area contributed by atoms with E-state index in [1.165, 1.54) is 48.8 Å². The van der Waals surface area contributed by atoms with Gasteiger partial charge in [-0.3, -0.25) is 4.79 Å². The average molecular weight is 419 g/mol. The molecule has 2 saturated carbocycles. The molecule has 1 aromatic carbocycles. The third kappa shape index (κ3) is 4.60. The zero-order valence-electron chi connectivity index (χ0n) is 16.2. The maximum absolute atomic E-state index is 12.3. The minimum atomic E-state index is 0.0835. The molecule has 2 N–H and O–H groups in total.